The fourth-order valence-electron chi connectivity index (χ4n) is 1.15. The van der Waals surface area contributed by atoms with Gasteiger partial charge in [0.15, 0.2) is 0 Å². The van der Waals surface area contributed by atoms with E-state index in [4.69, 9.17) is 4.74 Å². The lowest BCUT2D eigenvalue weighted by molar-refractivity contribution is -0.135. The van der Waals surface area contributed by atoms with Gasteiger partial charge in [0.25, 0.3) is 0 Å². The number of imidazole rings is 1. The summed E-state index contributed by atoms with van der Waals surface area (Å²) in [6, 6.07) is 0. The molecule has 0 fully saturated rings. The highest BCUT2D eigenvalue weighted by molar-refractivity contribution is 5.77. The number of carbonyl (C=O) groups is 1. The SMILES string of the molecule is CCOCC(=O)N(C)Cc1nccn1C. The molecule has 84 valence electrons. The molecule has 1 amide bonds. The fourth-order valence-corrected chi connectivity index (χ4v) is 1.15. The Morgan fingerprint density at radius 1 is 1.67 bits per heavy atom. The number of rotatable bonds is 5. The van der Waals surface area contributed by atoms with Crippen molar-refractivity contribution < 1.29 is 9.53 Å². The molecule has 0 bridgehead atoms. The molecule has 1 rings (SSSR count). The Labute approximate surface area is 89.7 Å². The maximum atomic E-state index is 11.5. The molecule has 0 atom stereocenters. The van der Waals surface area contributed by atoms with Crippen LogP contribution in [0.25, 0.3) is 0 Å². The predicted octanol–water partition coefficient (Wildman–Crippen LogP) is 0.415. The summed E-state index contributed by atoms with van der Waals surface area (Å²) in [6.45, 7) is 3.07. The molecule has 1 heterocycles. The van der Waals surface area contributed by atoms with E-state index in [1.54, 1.807) is 18.1 Å². The van der Waals surface area contributed by atoms with Gasteiger partial charge in [0.1, 0.15) is 12.4 Å². The summed E-state index contributed by atoms with van der Waals surface area (Å²) in [7, 11) is 3.65. The lowest BCUT2D eigenvalue weighted by Gasteiger charge is -2.16. The molecule has 5 nitrogen and oxygen atoms in total. The molecule has 0 unspecified atom stereocenters. The van der Waals surface area contributed by atoms with Crippen molar-refractivity contribution in [3.8, 4) is 0 Å². The zero-order chi connectivity index (χ0) is 11.3. The van der Waals surface area contributed by atoms with E-state index in [0.717, 1.165) is 5.82 Å². The minimum atomic E-state index is -0.0279. The molecule has 5 heteroatoms. The van der Waals surface area contributed by atoms with Crippen molar-refractivity contribution in [3.05, 3.63) is 18.2 Å². The quantitative estimate of drug-likeness (QED) is 0.709. The topological polar surface area (TPSA) is 47.4 Å². The minimum Gasteiger partial charge on any atom is -0.372 e. The van der Waals surface area contributed by atoms with E-state index in [1.807, 2.05) is 24.7 Å². The average Bonchev–Trinajstić information content (AvgIpc) is 2.61. The maximum absolute atomic E-state index is 11.5. The predicted molar refractivity (Wildman–Crippen MR) is 56.2 cm³/mol. The Balaban J connectivity index is 2.45. The molecule has 0 N–H and O–H groups in total. The van der Waals surface area contributed by atoms with Crippen LogP contribution in [0, 0.1) is 0 Å². The molecule has 0 spiro atoms. The lowest BCUT2D eigenvalue weighted by Crippen LogP contribution is -2.30. The van der Waals surface area contributed by atoms with Crippen molar-refractivity contribution in [1.29, 1.82) is 0 Å². The van der Waals surface area contributed by atoms with E-state index in [0.29, 0.717) is 13.2 Å². The first kappa shape index (κ1) is 11.7. The van der Waals surface area contributed by atoms with Gasteiger partial charge in [-0.15, -0.1) is 0 Å². The molecule has 0 radical (unpaired) electrons. The molecule has 0 saturated heterocycles. The van der Waals surface area contributed by atoms with Gasteiger partial charge in [-0.3, -0.25) is 4.79 Å². The van der Waals surface area contributed by atoms with E-state index in [1.165, 1.54) is 0 Å². The fraction of sp³-hybridized carbons (Fsp3) is 0.600. The first-order chi connectivity index (χ1) is 7.15. The summed E-state index contributed by atoms with van der Waals surface area (Å²) < 4.78 is 6.94. The van der Waals surface area contributed by atoms with Crippen LogP contribution in [0.1, 0.15) is 12.7 Å². The van der Waals surface area contributed by atoms with Crippen LogP contribution in [0.4, 0.5) is 0 Å². The van der Waals surface area contributed by atoms with Crippen LogP contribution in [0.15, 0.2) is 12.4 Å². The molecular weight excluding hydrogens is 194 g/mol. The number of aryl methyl sites for hydroxylation is 1. The van der Waals surface area contributed by atoms with Crippen LogP contribution in [0.5, 0.6) is 0 Å². The Morgan fingerprint density at radius 3 is 2.93 bits per heavy atom. The van der Waals surface area contributed by atoms with Gasteiger partial charge in [-0.25, -0.2) is 4.98 Å². The minimum absolute atomic E-state index is 0.0279. The van der Waals surface area contributed by atoms with Crippen molar-refractivity contribution in [2.24, 2.45) is 7.05 Å². The molecule has 0 aromatic carbocycles. The summed E-state index contributed by atoms with van der Waals surface area (Å²) in [5.41, 5.74) is 0. The highest BCUT2D eigenvalue weighted by atomic mass is 16.5. The van der Waals surface area contributed by atoms with E-state index in [9.17, 15) is 4.79 Å². The Kier molecular flexibility index (Phi) is 4.30. The van der Waals surface area contributed by atoms with Crippen LogP contribution in [0.2, 0.25) is 0 Å². The van der Waals surface area contributed by atoms with Gasteiger partial charge in [-0.2, -0.15) is 0 Å². The summed E-state index contributed by atoms with van der Waals surface area (Å²) in [5.74, 6) is 0.835. The van der Waals surface area contributed by atoms with Gasteiger partial charge in [-0.05, 0) is 6.92 Å². The van der Waals surface area contributed by atoms with Crippen LogP contribution < -0.4 is 0 Å². The van der Waals surface area contributed by atoms with Crippen LogP contribution >= 0.6 is 0 Å². The van der Waals surface area contributed by atoms with E-state index in [-0.39, 0.29) is 12.5 Å². The number of nitrogens with zero attached hydrogens (tertiary/aromatic N) is 3. The van der Waals surface area contributed by atoms with Crippen molar-refractivity contribution >= 4 is 5.91 Å². The third kappa shape index (κ3) is 3.36. The second-order valence-corrected chi connectivity index (χ2v) is 3.34. The number of carbonyl (C=O) groups excluding carboxylic acids is 1. The Morgan fingerprint density at radius 2 is 2.40 bits per heavy atom. The molecular formula is C10H17N3O2. The number of hydrogen-bond acceptors (Lipinski definition) is 3. The highest BCUT2D eigenvalue weighted by Gasteiger charge is 2.10. The zero-order valence-corrected chi connectivity index (χ0v) is 9.43. The number of amides is 1. The second kappa shape index (κ2) is 5.50. The van der Waals surface area contributed by atoms with Gasteiger partial charge >= 0.3 is 0 Å². The molecule has 15 heavy (non-hydrogen) atoms. The summed E-state index contributed by atoms with van der Waals surface area (Å²) >= 11 is 0. The third-order valence-electron chi connectivity index (χ3n) is 2.15. The van der Waals surface area contributed by atoms with Crippen molar-refractivity contribution in [3.63, 3.8) is 0 Å². The molecule has 1 aromatic rings. The zero-order valence-electron chi connectivity index (χ0n) is 9.43. The molecule has 0 aliphatic carbocycles. The van der Waals surface area contributed by atoms with Crippen LogP contribution in [0.3, 0.4) is 0 Å². The number of hydrogen-bond donors (Lipinski definition) is 0. The van der Waals surface area contributed by atoms with E-state index < -0.39 is 0 Å². The monoisotopic (exact) mass is 211 g/mol. The first-order valence-electron chi connectivity index (χ1n) is 4.93. The molecule has 0 aliphatic heterocycles. The number of ether oxygens (including phenoxy) is 1. The lowest BCUT2D eigenvalue weighted by atomic mass is 10.5. The average molecular weight is 211 g/mol. The van der Waals surface area contributed by atoms with Crippen molar-refractivity contribution in [1.82, 2.24) is 14.5 Å². The second-order valence-electron chi connectivity index (χ2n) is 3.34. The Bertz CT molecular complexity index is 322. The summed E-state index contributed by atoms with van der Waals surface area (Å²) in [6.07, 6.45) is 3.58. The molecule has 0 saturated carbocycles. The third-order valence-corrected chi connectivity index (χ3v) is 2.15. The van der Waals surface area contributed by atoms with E-state index in [2.05, 4.69) is 4.98 Å². The summed E-state index contributed by atoms with van der Waals surface area (Å²) in [5, 5.41) is 0. The number of aromatic nitrogens is 2. The Hall–Kier alpha value is -1.36. The number of likely N-dealkylation sites (N-methyl/N-ethyl adjacent to an activating group) is 1. The summed E-state index contributed by atoms with van der Waals surface area (Å²) in [4.78, 5) is 17.3. The van der Waals surface area contributed by atoms with Gasteiger partial charge in [0, 0.05) is 33.1 Å². The van der Waals surface area contributed by atoms with E-state index >= 15 is 0 Å². The van der Waals surface area contributed by atoms with Crippen LogP contribution in [-0.2, 0) is 23.1 Å². The molecule has 1 aromatic heterocycles. The smallest absolute Gasteiger partial charge is 0.248 e. The first-order valence-corrected chi connectivity index (χ1v) is 4.93. The van der Waals surface area contributed by atoms with Crippen molar-refractivity contribution in [2.45, 2.75) is 13.5 Å². The van der Waals surface area contributed by atoms with Gasteiger partial charge < -0.3 is 14.2 Å². The maximum Gasteiger partial charge on any atom is 0.248 e. The largest absolute Gasteiger partial charge is 0.372 e. The van der Waals surface area contributed by atoms with Gasteiger partial charge in [-0.1, -0.05) is 0 Å². The van der Waals surface area contributed by atoms with Gasteiger partial charge in [0.05, 0.1) is 6.54 Å². The molecule has 0 aliphatic rings. The van der Waals surface area contributed by atoms with Crippen LogP contribution in [-0.4, -0.2) is 40.6 Å². The standard InChI is InChI=1S/C10H17N3O2/c1-4-15-8-10(14)13(3)7-9-11-5-6-12(9)2/h5-6H,4,7-8H2,1-3H3. The highest BCUT2D eigenvalue weighted by Crippen LogP contribution is 1.99. The van der Waals surface area contributed by atoms with Crippen molar-refractivity contribution in [2.75, 3.05) is 20.3 Å². The van der Waals surface area contributed by atoms with Gasteiger partial charge in [0.2, 0.25) is 5.91 Å². The normalized spacial score (nSPS) is 10.3.